The van der Waals surface area contributed by atoms with E-state index in [9.17, 15) is 8.42 Å². The van der Waals surface area contributed by atoms with Crippen LogP contribution < -0.4 is 0 Å². The Balaban J connectivity index is 1.90. The molecule has 3 atom stereocenters. The van der Waals surface area contributed by atoms with Crippen molar-refractivity contribution in [3.8, 4) is 0 Å². The van der Waals surface area contributed by atoms with Gasteiger partial charge in [0.25, 0.3) is 0 Å². The lowest BCUT2D eigenvalue weighted by molar-refractivity contribution is -0.0421. The Morgan fingerprint density at radius 1 is 1.50 bits per heavy atom. The summed E-state index contributed by atoms with van der Waals surface area (Å²) in [5.41, 5.74) is 0. The zero-order valence-corrected chi connectivity index (χ0v) is 13.1. The number of sulfonamides is 1. The fourth-order valence-electron chi connectivity index (χ4n) is 3.19. The van der Waals surface area contributed by atoms with Crippen molar-refractivity contribution < 1.29 is 17.9 Å². The van der Waals surface area contributed by atoms with Crippen LogP contribution in [-0.2, 0) is 19.5 Å². The molecule has 0 N–H and O–H groups in total. The molecule has 120 valence electrons. The van der Waals surface area contributed by atoms with Crippen LogP contribution in [0.4, 0.5) is 0 Å². The van der Waals surface area contributed by atoms with Gasteiger partial charge in [0.1, 0.15) is 11.0 Å². The molecule has 7 heteroatoms. The smallest absolute Gasteiger partial charge is 0.245 e. The van der Waals surface area contributed by atoms with E-state index in [4.69, 9.17) is 9.47 Å². The van der Waals surface area contributed by atoms with Crippen molar-refractivity contribution in [2.24, 2.45) is 0 Å². The molecule has 1 aliphatic carbocycles. The van der Waals surface area contributed by atoms with E-state index in [1.807, 2.05) is 0 Å². The molecule has 2 bridgehead atoms. The van der Waals surface area contributed by atoms with Gasteiger partial charge in [-0.3, -0.25) is 4.98 Å². The number of hydrogen-bond acceptors (Lipinski definition) is 5. The number of aromatic nitrogens is 1. The summed E-state index contributed by atoms with van der Waals surface area (Å²) in [5.74, 6) is 0. The van der Waals surface area contributed by atoms with Gasteiger partial charge in [0.2, 0.25) is 10.0 Å². The molecule has 2 aliphatic rings. The van der Waals surface area contributed by atoms with E-state index in [1.54, 1.807) is 24.4 Å². The Bertz CT molecular complexity index is 620. The van der Waals surface area contributed by atoms with Crippen LogP contribution in [-0.4, -0.2) is 55.7 Å². The highest BCUT2D eigenvalue weighted by Gasteiger charge is 2.47. The first-order valence-corrected chi connectivity index (χ1v) is 8.84. The first-order valence-electron chi connectivity index (χ1n) is 7.40. The van der Waals surface area contributed by atoms with Crippen LogP contribution in [0.5, 0.6) is 0 Å². The van der Waals surface area contributed by atoms with Crippen molar-refractivity contribution in [3.63, 3.8) is 0 Å². The number of nitrogens with zero attached hydrogens (tertiary/aromatic N) is 2. The largest absolute Gasteiger partial charge is 0.374 e. The molecule has 0 radical (unpaired) electrons. The lowest BCUT2D eigenvalue weighted by Gasteiger charge is -2.30. The van der Waals surface area contributed by atoms with Gasteiger partial charge in [0, 0.05) is 18.9 Å². The summed E-state index contributed by atoms with van der Waals surface area (Å²) in [6, 6.07) is 3.00. The maximum Gasteiger partial charge on any atom is 0.245 e. The Labute approximate surface area is 130 Å². The zero-order valence-electron chi connectivity index (χ0n) is 12.3. The minimum Gasteiger partial charge on any atom is -0.374 e. The van der Waals surface area contributed by atoms with E-state index < -0.39 is 10.0 Å². The van der Waals surface area contributed by atoms with E-state index in [-0.39, 0.29) is 23.1 Å². The predicted molar refractivity (Wildman–Crippen MR) is 80.8 cm³/mol. The third kappa shape index (κ3) is 2.81. The third-order valence-corrected chi connectivity index (χ3v) is 6.06. The number of hydrogen-bond donors (Lipinski definition) is 0. The van der Waals surface area contributed by atoms with Gasteiger partial charge >= 0.3 is 0 Å². The third-order valence-electron chi connectivity index (χ3n) is 4.15. The summed E-state index contributed by atoms with van der Waals surface area (Å²) in [6.45, 7) is 4.76. The second kappa shape index (κ2) is 6.45. The summed E-state index contributed by atoms with van der Waals surface area (Å²) in [4.78, 5) is 4.13. The Kier molecular flexibility index (Phi) is 4.58. The average molecular weight is 324 g/mol. The molecule has 1 aliphatic heterocycles. The topological polar surface area (TPSA) is 68.7 Å². The van der Waals surface area contributed by atoms with E-state index in [0.717, 1.165) is 12.8 Å². The van der Waals surface area contributed by atoms with Crippen LogP contribution in [0.1, 0.15) is 12.8 Å². The van der Waals surface area contributed by atoms with E-state index in [1.165, 1.54) is 10.5 Å². The fraction of sp³-hybridized carbons (Fsp3) is 0.533. The molecule has 0 unspecified atom stereocenters. The molecule has 1 saturated heterocycles. The van der Waals surface area contributed by atoms with E-state index >= 15 is 0 Å². The molecule has 1 aromatic rings. The molecule has 6 nitrogen and oxygen atoms in total. The highest BCUT2D eigenvalue weighted by molar-refractivity contribution is 7.89. The normalized spacial score (nSPS) is 29.2. The zero-order chi connectivity index (χ0) is 15.6. The van der Waals surface area contributed by atoms with Gasteiger partial charge in [-0.15, -0.1) is 6.58 Å². The lowest BCUT2D eigenvalue weighted by Crippen LogP contribution is -2.46. The summed E-state index contributed by atoms with van der Waals surface area (Å²) >= 11 is 0. The highest BCUT2D eigenvalue weighted by Crippen LogP contribution is 2.34. The van der Waals surface area contributed by atoms with Gasteiger partial charge < -0.3 is 9.47 Å². The van der Waals surface area contributed by atoms with Crippen molar-refractivity contribution in [1.29, 1.82) is 0 Å². The summed E-state index contributed by atoms with van der Waals surface area (Å²) in [5, 5.41) is 0. The number of ether oxygens (including phenoxy) is 2. The molecular weight excluding hydrogens is 304 g/mol. The molecule has 0 amide bonds. The standard InChI is InChI=1S/C15H20N2O4S/c1-2-9-21-15-13-5-6-14(15)20-10-8-17(13)22(18,19)12-4-3-7-16-11-12/h2-4,7,11,13-15H,1,5-6,8-10H2/t13-,14-,15-/m1/s1. The summed E-state index contributed by atoms with van der Waals surface area (Å²) in [7, 11) is -3.59. The molecule has 1 saturated carbocycles. The molecule has 22 heavy (non-hydrogen) atoms. The van der Waals surface area contributed by atoms with Crippen LogP contribution in [0.25, 0.3) is 0 Å². The van der Waals surface area contributed by atoms with Crippen LogP contribution >= 0.6 is 0 Å². The van der Waals surface area contributed by atoms with Gasteiger partial charge in [-0.2, -0.15) is 4.31 Å². The summed E-state index contributed by atoms with van der Waals surface area (Å²) in [6.07, 6.45) is 5.88. The van der Waals surface area contributed by atoms with Gasteiger partial charge in [0.05, 0.1) is 25.4 Å². The van der Waals surface area contributed by atoms with Crippen molar-refractivity contribution in [2.75, 3.05) is 19.8 Å². The maximum absolute atomic E-state index is 12.9. The van der Waals surface area contributed by atoms with Crippen molar-refractivity contribution >= 4 is 10.0 Å². The molecule has 1 aromatic heterocycles. The monoisotopic (exact) mass is 324 g/mol. The molecule has 2 heterocycles. The van der Waals surface area contributed by atoms with Gasteiger partial charge in [-0.05, 0) is 25.0 Å². The maximum atomic E-state index is 12.9. The summed E-state index contributed by atoms with van der Waals surface area (Å²) < 4.78 is 38.9. The van der Waals surface area contributed by atoms with Gasteiger partial charge in [0.15, 0.2) is 0 Å². The van der Waals surface area contributed by atoms with Crippen LogP contribution in [0.15, 0.2) is 42.1 Å². The second-order valence-corrected chi connectivity index (χ2v) is 7.34. The Morgan fingerprint density at radius 2 is 2.36 bits per heavy atom. The highest BCUT2D eigenvalue weighted by atomic mass is 32.2. The molecule has 2 fully saturated rings. The first-order chi connectivity index (χ1) is 10.6. The second-order valence-electron chi connectivity index (χ2n) is 5.45. The molecular formula is C15H20N2O4S. The molecule has 0 aromatic carbocycles. The quantitative estimate of drug-likeness (QED) is 0.762. The average Bonchev–Trinajstić information content (AvgIpc) is 2.80. The molecule has 0 spiro atoms. The minimum absolute atomic E-state index is 0.0425. The van der Waals surface area contributed by atoms with E-state index in [0.29, 0.717) is 19.8 Å². The Morgan fingerprint density at radius 3 is 3.09 bits per heavy atom. The number of rotatable bonds is 5. The minimum atomic E-state index is -3.59. The van der Waals surface area contributed by atoms with Crippen molar-refractivity contribution in [1.82, 2.24) is 9.29 Å². The fourth-order valence-corrected chi connectivity index (χ4v) is 4.80. The lowest BCUT2D eigenvalue weighted by atomic mass is 10.2. The molecule has 3 rings (SSSR count). The van der Waals surface area contributed by atoms with Crippen molar-refractivity contribution in [3.05, 3.63) is 37.2 Å². The van der Waals surface area contributed by atoms with Crippen LogP contribution in [0.2, 0.25) is 0 Å². The number of pyridine rings is 1. The van der Waals surface area contributed by atoms with Crippen LogP contribution in [0, 0.1) is 0 Å². The number of fused-ring (bicyclic) bond motifs is 2. The van der Waals surface area contributed by atoms with Gasteiger partial charge in [-0.1, -0.05) is 6.08 Å². The van der Waals surface area contributed by atoms with Crippen molar-refractivity contribution in [2.45, 2.75) is 36.0 Å². The first kappa shape index (κ1) is 15.6. The Hall–Kier alpha value is -1.28. The SMILES string of the molecule is C=CCO[C@@H]1[C@H]2CC[C@H]1OCCN2S(=O)(=O)c1cccnc1. The predicted octanol–water partition coefficient (Wildman–Crippen LogP) is 1.20. The van der Waals surface area contributed by atoms with Crippen LogP contribution in [0.3, 0.4) is 0 Å². The van der Waals surface area contributed by atoms with Gasteiger partial charge in [-0.25, -0.2) is 8.42 Å². The van der Waals surface area contributed by atoms with E-state index in [2.05, 4.69) is 11.6 Å².